The molecule has 0 amide bonds. The van der Waals surface area contributed by atoms with E-state index in [1.54, 1.807) is 18.2 Å². The fourth-order valence-electron chi connectivity index (χ4n) is 2.68. The third-order valence-corrected chi connectivity index (χ3v) is 4.19. The first-order valence-electron chi connectivity index (χ1n) is 7.56. The van der Waals surface area contributed by atoms with Crippen molar-refractivity contribution in [3.05, 3.63) is 53.3 Å². The molecule has 0 saturated carbocycles. The lowest BCUT2D eigenvalue weighted by molar-refractivity contribution is -0.131. The van der Waals surface area contributed by atoms with Crippen LogP contribution in [0.2, 0.25) is 0 Å². The zero-order valence-corrected chi connectivity index (χ0v) is 14.2. The minimum atomic E-state index is -4.79. The highest BCUT2D eigenvalue weighted by molar-refractivity contribution is 7.50. The molecule has 136 valence electrons. The summed E-state index contributed by atoms with van der Waals surface area (Å²) < 4.78 is 14.3. The molecule has 25 heavy (non-hydrogen) atoms. The van der Waals surface area contributed by atoms with Gasteiger partial charge in [-0.2, -0.15) is 4.76 Å². The van der Waals surface area contributed by atoms with E-state index >= 15 is 0 Å². The van der Waals surface area contributed by atoms with Crippen LogP contribution in [-0.2, 0) is 11.0 Å². The number of phenolic OH excluding ortho intramolecular Hbond substituents is 1. The maximum Gasteiger partial charge on any atom is 0.448 e. The van der Waals surface area contributed by atoms with Gasteiger partial charge in [0.2, 0.25) is 0 Å². The number of hydrogen-bond donors (Lipinski definition) is 6. The summed E-state index contributed by atoms with van der Waals surface area (Å²) in [6, 6.07) is 6.52. The van der Waals surface area contributed by atoms with E-state index in [2.05, 4.69) is 4.76 Å². The third kappa shape index (κ3) is 5.52. The largest absolute Gasteiger partial charge is 0.508 e. The van der Waals surface area contributed by atoms with Crippen LogP contribution in [0.25, 0.3) is 0 Å². The average Bonchev–Trinajstić information content (AvgIpc) is 2.45. The number of phenols is 1. The highest BCUT2D eigenvalue weighted by atomic mass is 31.2. The van der Waals surface area contributed by atoms with Gasteiger partial charge in [0.25, 0.3) is 0 Å². The Morgan fingerprint density at radius 1 is 1.20 bits per heavy atom. The van der Waals surface area contributed by atoms with Gasteiger partial charge in [-0.1, -0.05) is 18.2 Å². The van der Waals surface area contributed by atoms with E-state index in [0.717, 1.165) is 5.56 Å². The van der Waals surface area contributed by atoms with E-state index in [0.29, 0.717) is 12.8 Å². The molecule has 9 heteroatoms. The molecule has 1 aliphatic rings. The first-order chi connectivity index (χ1) is 11.6. The second-order valence-corrected chi connectivity index (χ2v) is 6.99. The zero-order chi connectivity index (χ0) is 18.7. The lowest BCUT2D eigenvalue weighted by atomic mass is 9.90. The Bertz CT molecular complexity index is 776. The van der Waals surface area contributed by atoms with Crippen molar-refractivity contribution in [2.75, 3.05) is 0 Å². The second kappa shape index (κ2) is 7.51. The van der Waals surface area contributed by atoms with Crippen molar-refractivity contribution in [1.29, 1.82) is 0 Å². The first kappa shape index (κ1) is 19.4. The molecule has 0 radical (unpaired) electrons. The van der Waals surface area contributed by atoms with Gasteiger partial charge in [-0.3, -0.25) is 0 Å². The van der Waals surface area contributed by atoms with E-state index < -0.39 is 24.9 Å². The minimum Gasteiger partial charge on any atom is -0.508 e. The van der Waals surface area contributed by atoms with E-state index in [1.165, 1.54) is 18.2 Å². The van der Waals surface area contributed by atoms with Gasteiger partial charge in [0.05, 0.1) is 11.3 Å². The van der Waals surface area contributed by atoms with Crippen LogP contribution in [0, 0.1) is 0 Å². The van der Waals surface area contributed by atoms with Crippen LogP contribution >= 0.6 is 7.75 Å². The van der Waals surface area contributed by atoms with Crippen molar-refractivity contribution in [2.24, 2.45) is 4.76 Å². The summed E-state index contributed by atoms with van der Waals surface area (Å²) in [5.41, 5.74) is 0.117. The number of benzene rings is 1. The van der Waals surface area contributed by atoms with Crippen LogP contribution in [0.3, 0.4) is 0 Å². The SMILES string of the molecule is O=P(O)(O)N=C1CC=CC(O)=C1C(O)(O)CCCc1cccc(O)c1. The molecular formula is C16H20NO7P. The molecule has 1 aromatic rings. The Balaban J connectivity index is 2.16. The molecule has 8 nitrogen and oxygen atoms in total. The molecule has 2 rings (SSSR count). The molecule has 1 aromatic carbocycles. The summed E-state index contributed by atoms with van der Waals surface area (Å²) in [5.74, 6) is -2.90. The number of allylic oxidation sites excluding steroid dienone is 2. The quantitative estimate of drug-likeness (QED) is 0.330. The summed E-state index contributed by atoms with van der Waals surface area (Å²) in [4.78, 5) is 18.0. The van der Waals surface area contributed by atoms with Crippen LogP contribution in [0.1, 0.15) is 24.8 Å². The molecule has 0 aromatic heterocycles. The van der Waals surface area contributed by atoms with Crippen LogP contribution in [0.15, 0.2) is 52.5 Å². The molecule has 1 aliphatic carbocycles. The van der Waals surface area contributed by atoms with E-state index in [4.69, 9.17) is 9.79 Å². The summed E-state index contributed by atoms with van der Waals surface area (Å²) in [6.07, 6.45) is 3.13. The van der Waals surface area contributed by atoms with Gasteiger partial charge in [0, 0.05) is 12.8 Å². The molecule has 6 N–H and O–H groups in total. The number of aliphatic hydroxyl groups is 3. The summed E-state index contributed by atoms with van der Waals surface area (Å²) >= 11 is 0. The predicted octanol–water partition coefficient (Wildman–Crippen LogP) is 1.70. The standard InChI is InChI=1S/C16H20NO7P/c18-12-6-1-4-11(10-12)5-3-9-16(20,21)15-13(17-25(22,23)24)7-2-8-14(15)19/h1-2,4,6,8,10,18-21H,3,5,7,9H2,(H2,22,23,24). The highest BCUT2D eigenvalue weighted by Crippen LogP contribution is 2.40. The zero-order valence-electron chi connectivity index (χ0n) is 13.3. The molecule has 0 fully saturated rings. The van der Waals surface area contributed by atoms with Crippen molar-refractivity contribution < 1.29 is 34.8 Å². The Labute approximate surface area is 144 Å². The predicted molar refractivity (Wildman–Crippen MR) is 91.1 cm³/mol. The van der Waals surface area contributed by atoms with Gasteiger partial charge in [-0.25, -0.2) is 4.57 Å². The monoisotopic (exact) mass is 369 g/mol. The smallest absolute Gasteiger partial charge is 0.448 e. The molecule has 0 aliphatic heterocycles. The molecular weight excluding hydrogens is 349 g/mol. The van der Waals surface area contributed by atoms with Gasteiger partial charge < -0.3 is 30.2 Å². The van der Waals surface area contributed by atoms with Crippen molar-refractivity contribution in [1.82, 2.24) is 0 Å². The summed E-state index contributed by atoms with van der Waals surface area (Å²) in [6.45, 7) is 0. The normalized spacial score (nSPS) is 17.4. The maximum absolute atomic E-state index is 11.1. The Morgan fingerprint density at radius 2 is 1.92 bits per heavy atom. The molecule has 0 heterocycles. The van der Waals surface area contributed by atoms with Crippen LogP contribution < -0.4 is 0 Å². The van der Waals surface area contributed by atoms with Crippen molar-refractivity contribution in [2.45, 2.75) is 31.5 Å². The van der Waals surface area contributed by atoms with Gasteiger partial charge in [0.15, 0.2) is 5.79 Å². The molecule has 0 unspecified atom stereocenters. The Hall–Kier alpha value is -1.96. The topological polar surface area (TPSA) is 151 Å². The first-order valence-corrected chi connectivity index (χ1v) is 9.13. The summed E-state index contributed by atoms with van der Waals surface area (Å²) in [7, 11) is -4.79. The van der Waals surface area contributed by atoms with E-state index in [9.17, 15) is 25.0 Å². The van der Waals surface area contributed by atoms with Crippen LogP contribution in [0.5, 0.6) is 5.75 Å². The highest BCUT2D eigenvalue weighted by Gasteiger charge is 2.36. The maximum atomic E-state index is 11.1. The number of rotatable bonds is 6. The van der Waals surface area contributed by atoms with Gasteiger partial charge >= 0.3 is 7.75 Å². The van der Waals surface area contributed by atoms with Crippen LogP contribution in [-0.4, -0.2) is 41.7 Å². The van der Waals surface area contributed by atoms with Crippen molar-refractivity contribution >= 4 is 13.5 Å². The minimum absolute atomic E-state index is 0.0417. The third-order valence-electron chi connectivity index (χ3n) is 3.68. The van der Waals surface area contributed by atoms with E-state index in [1.807, 2.05) is 0 Å². The number of nitrogens with zero attached hydrogens (tertiary/aromatic N) is 1. The molecule has 0 spiro atoms. The van der Waals surface area contributed by atoms with Crippen LogP contribution in [0.4, 0.5) is 0 Å². The number of hydrogen-bond acceptors (Lipinski definition) is 5. The van der Waals surface area contributed by atoms with Gasteiger partial charge in [-0.05, 0) is 36.6 Å². The van der Waals surface area contributed by atoms with Crippen molar-refractivity contribution in [3.63, 3.8) is 0 Å². The number of aryl methyl sites for hydroxylation is 1. The second-order valence-electron chi connectivity index (χ2n) is 5.77. The number of aliphatic hydroxyl groups excluding tert-OH is 1. The van der Waals surface area contributed by atoms with Gasteiger partial charge in [0.1, 0.15) is 11.5 Å². The lowest BCUT2D eigenvalue weighted by Crippen LogP contribution is -2.36. The molecule has 0 saturated heterocycles. The fraction of sp³-hybridized carbons (Fsp3) is 0.312. The fourth-order valence-corrected chi connectivity index (χ4v) is 3.17. The van der Waals surface area contributed by atoms with Crippen molar-refractivity contribution in [3.8, 4) is 5.75 Å². The number of aromatic hydroxyl groups is 1. The summed E-state index contributed by atoms with van der Waals surface area (Å²) in [5, 5.41) is 40.0. The average molecular weight is 369 g/mol. The van der Waals surface area contributed by atoms with Gasteiger partial charge in [-0.15, -0.1) is 0 Å². The lowest BCUT2D eigenvalue weighted by Gasteiger charge is -2.28. The Kier molecular flexibility index (Phi) is 5.82. The van der Waals surface area contributed by atoms with E-state index in [-0.39, 0.29) is 24.3 Å². The molecule has 0 atom stereocenters. The molecule has 0 bridgehead atoms. The Morgan fingerprint density at radius 3 is 2.56 bits per heavy atom.